The van der Waals surface area contributed by atoms with Gasteiger partial charge in [-0.25, -0.2) is 0 Å². The molecule has 0 unspecified atom stereocenters. The number of benzene rings is 1. The average Bonchev–Trinajstić information content (AvgIpc) is 2.53. The standard InChI is InChI=1S/C15H20N2O4/c1-3-10-5-4-6-11(9-10)17-7-8-21-13(15(17)20)12(18)14(19)16-2/h4-6,9,12-13,18H,3,7-8H2,1-2H3,(H,16,19)/t12-,13-/m1/s1. The smallest absolute Gasteiger partial charge is 0.259 e. The number of morpholine rings is 1. The number of rotatable bonds is 4. The van der Waals surface area contributed by atoms with Crippen LogP contribution in [-0.2, 0) is 20.7 Å². The van der Waals surface area contributed by atoms with Crippen molar-refractivity contribution in [1.82, 2.24) is 5.32 Å². The number of anilines is 1. The lowest BCUT2D eigenvalue weighted by Crippen LogP contribution is -2.56. The summed E-state index contributed by atoms with van der Waals surface area (Å²) in [5.74, 6) is -1.02. The van der Waals surface area contributed by atoms with Gasteiger partial charge in [0.1, 0.15) is 0 Å². The second kappa shape index (κ2) is 6.69. The molecule has 1 aliphatic rings. The summed E-state index contributed by atoms with van der Waals surface area (Å²) in [6, 6.07) is 7.66. The molecule has 6 nitrogen and oxygen atoms in total. The average molecular weight is 292 g/mol. The fourth-order valence-electron chi connectivity index (χ4n) is 2.32. The Balaban J connectivity index is 2.21. The lowest BCUT2D eigenvalue weighted by atomic mass is 10.1. The Morgan fingerprint density at radius 3 is 3.00 bits per heavy atom. The molecule has 6 heteroatoms. The van der Waals surface area contributed by atoms with E-state index in [4.69, 9.17) is 4.74 Å². The van der Waals surface area contributed by atoms with Crippen LogP contribution in [0.15, 0.2) is 24.3 Å². The zero-order valence-electron chi connectivity index (χ0n) is 12.2. The van der Waals surface area contributed by atoms with Crippen LogP contribution < -0.4 is 10.2 Å². The van der Waals surface area contributed by atoms with Crippen LogP contribution in [0.5, 0.6) is 0 Å². The molecule has 1 saturated heterocycles. The number of aryl methyl sites for hydroxylation is 1. The molecule has 0 bridgehead atoms. The first kappa shape index (κ1) is 15.5. The highest BCUT2D eigenvalue weighted by atomic mass is 16.5. The summed E-state index contributed by atoms with van der Waals surface area (Å²) >= 11 is 0. The first-order valence-electron chi connectivity index (χ1n) is 7.00. The molecule has 1 heterocycles. The quantitative estimate of drug-likeness (QED) is 0.824. The Morgan fingerprint density at radius 1 is 1.57 bits per heavy atom. The Labute approximate surface area is 123 Å². The second-order valence-corrected chi connectivity index (χ2v) is 4.86. The monoisotopic (exact) mass is 292 g/mol. The van der Waals surface area contributed by atoms with Crippen molar-refractivity contribution in [3.63, 3.8) is 0 Å². The van der Waals surface area contributed by atoms with Crippen LogP contribution in [0.2, 0.25) is 0 Å². The van der Waals surface area contributed by atoms with Gasteiger partial charge in [-0.15, -0.1) is 0 Å². The predicted octanol–water partition coefficient (Wildman–Crippen LogP) is 0.0877. The zero-order valence-corrected chi connectivity index (χ0v) is 12.2. The van der Waals surface area contributed by atoms with E-state index in [1.54, 1.807) is 4.90 Å². The largest absolute Gasteiger partial charge is 0.380 e. The van der Waals surface area contributed by atoms with E-state index in [9.17, 15) is 14.7 Å². The van der Waals surface area contributed by atoms with Crippen LogP contribution in [0, 0.1) is 0 Å². The third-order valence-corrected chi connectivity index (χ3v) is 3.55. The van der Waals surface area contributed by atoms with Gasteiger partial charge in [0.05, 0.1) is 6.61 Å². The van der Waals surface area contributed by atoms with E-state index in [2.05, 4.69) is 5.32 Å². The molecule has 2 amide bonds. The highest BCUT2D eigenvalue weighted by Gasteiger charge is 2.38. The van der Waals surface area contributed by atoms with Gasteiger partial charge < -0.3 is 20.1 Å². The van der Waals surface area contributed by atoms with E-state index in [1.165, 1.54) is 7.05 Å². The van der Waals surface area contributed by atoms with Crippen molar-refractivity contribution < 1.29 is 19.4 Å². The van der Waals surface area contributed by atoms with Crippen LogP contribution in [-0.4, -0.2) is 49.3 Å². The number of carbonyl (C=O) groups excluding carboxylic acids is 2. The summed E-state index contributed by atoms with van der Waals surface area (Å²) < 4.78 is 5.28. The number of ether oxygens (including phenoxy) is 1. The molecular weight excluding hydrogens is 272 g/mol. The Bertz CT molecular complexity index is 532. The van der Waals surface area contributed by atoms with E-state index in [-0.39, 0.29) is 6.61 Å². The summed E-state index contributed by atoms with van der Waals surface area (Å²) in [7, 11) is 1.40. The fraction of sp³-hybridized carbons (Fsp3) is 0.467. The molecule has 0 radical (unpaired) electrons. The van der Waals surface area contributed by atoms with Gasteiger partial charge >= 0.3 is 0 Å². The minimum absolute atomic E-state index is 0.279. The maximum Gasteiger partial charge on any atom is 0.259 e. The minimum Gasteiger partial charge on any atom is -0.380 e. The van der Waals surface area contributed by atoms with E-state index >= 15 is 0 Å². The highest BCUT2D eigenvalue weighted by Crippen LogP contribution is 2.21. The predicted molar refractivity (Wildman–Crippen MR) is 78.0 cm³/mol. The molecule has 2 rings (SSSR count). The number of aliphatic hydroxyl groups is 1. The summed E-state index contributed by atoms with van der Waals surface area (Å²) in [5.41, 5.74) is 1.88. The van der Waals surface area contributed by atoms with Gasteiger partial charge in [0, 0.05) is 19.3 Å². The van der Waals surface area contributed by atoms with Crippen LogP contribution in [0.25, 0.3) is 0 Å². The number of nitrogens with zero attached hydrogens (tertiary/aromatic N) is 1. The van der Waals surface area contributed by atoms with Crippen molar-refractivity contribution in [3.8, 4) is 0 Å². The number of likely N-dealkylation sites (N-methyl/N-ethyl adjacent to an activating group) is 1. The normalized spacial score (nSPS) is 20.2. The highest BCUT2D eigenvalue weighted by molar-refractivity contribution is 6.00. The molecule has 0 aliphatic carbocycles. The molecule has 114 valence electrons. The molecule has 2 N–H and O–H groups in total. The van der Waals surface area contributed by atoms with Gasteiger partial charge in [0.15, 0.2) is 12.2 Å². The second-order valence-electron chi connectivity index (χ2n) is 4.86. The van der Waals surface area contributed by atoms with Crippen LogP contribution >= 0.6 is 0 Å². The fourth-order valence-corrected chi connectivity index (χ4v) is 2.32. The summed E-state index contributed by atoms with van der Waals surface area (Å²) in [6.45, 7) is 2.72. The molecule has 1 aromatic carbocycles. The minimum atomic E-state index is -1.50. The van der Waals surface area contributed by atoms with E-state index in [0.29, 0.717) is 6.54 Å². The molecule has 1 aliphatic heterocycles. The molecule has 0 saturated carbocycles. The van der Waals surface area contributed by atoms with Gasteiger partial charge in [-0.1, -0.05) is 19.1 Å². The lowest BCUT2D eigenvalue weighted by Gasteiger charge is -2.34. The topological polar surface area (TPSA) is 78.9 Å². The van der Waals surface area contributed by atoms with Gasteiger partial charge in [0.2, 0.25) is 0 Å². The number of carbonyl (C=O) groups is 2. The van der Waals surface area contributed by atoms with Crippen molar-refractivity contribution >= 4 is 17.5 Å². The first-order chi connectivity index (χ1) is 10.1. The Kier molecular flexibility index (Phi) is 4.93. The Morgan fingerprint density at radius 2 is 2.33 bits per heavy atom. The third kappa shape index (κ3) is 3.22. The lowest BCUT2D eigenvalue weighted by molar-refractivity contribution is -0.152. The van der Waals surface area contributed by atoms with Gasteiger partial charge in [-0.2, -0.15) is 0 Å². The van der Waals surface area contributed by atoms with Gasteiger partial charge in [-0.05, 0) is 24.1 Å². The summed E-state index contributed by atoms with van der Waals surface area (Å²) in [4.78, 5) is 25.5. The number of aliphatic hydroxyl groups excluding tert-OH is 1. The van der Waals surface area contributed by atoms with Gasteiger partial charge in [0.25, 0.3) is 11.8 Å². The third-order valence-electron chi connectivity index (χ3n) is 3.55. The maximum atomic E-state index is 12.4. The number of hydrogen-bond acceptors (Lipinski definition) is 4. The van der Waals surface area contributed by atoms with E-state index < -0.39 is 24.0 Å². The summed E-state index contributed by atoms with van der Waals surface area (Å²) in [5, 5.41) is 12.2. The maximum absolute atomic E-state index is 12.4. The SMILES string of the molecule is CCc1cccc(N2CCO[C@H]([C@@H](O)C(=O)NC)C2=O)c1. The van der Waals surface area contributed by atoms with Crippen molar-refractivity contribution in [2.24, 2.45) is 0 Å². The molecule has 21 heavy (non-hydrogen) atoms. The molecule has 1 aromatic rings. The molecule has 1 fully saturated rings. The van der Waals surface area contributed by atoms with Crippen molar-refractivity contribution in [2.75, 3.05) is 25.1 Å². The van der Waals surface area contributed by atoms with Crippen LogP contribution in [0.1, 0.15) is 12.5 Å². The Hall–Kier alpha value is -1.92. The summed E-state index contributed by atoms with van der Waals surface area (Å²) in [6.07, 6.45) is -1.79. The van der Waals surface area contributed by atoms with Crippen molar-refractivity contribution in [1.29, 1.82) is 0 Å². The van der Waals surface area contributed by atoms with Crippen molar-refractivity contribution in [3.05, 3.63) is 29.8 Å². The van der Waals surface area contributed by atoms with E-state index in [1.807, 2.05) is 31.2 Å². The first-order valence-corrected chi connectivity index (χ1v) is 7.00. The van der Waals surface area contributed by atoms with Crippen LogP contribution in [0.3, 0.4) is 0 Å². The number of hydrogen-bond donors (Lipinski definition) is 2. The van der Waals surface area contributed by atoms with Gasteiger partial charge in [-0.3, -0.25) is 9.59 Å². The number of amides is 2. The van der Waals surface area contributed by atoms with E-state index in [0.717, 1.165) is 17.7 Å². The molecule has 0 spiro atoms. The van der Waals surface area contributed by atoms with Crippen molar-refractivity contribution in [2.45, 2.75) is 25.6 Å². The molecular formula is C15H20N2O4. The molecule has 0 aromatic heterocycles. The van der Waals surface area contributed by atoms with Crippen LogP contribution in [0.4, 0.5) is 5.69 Å². The zero-order chi connectivity index (χ0) is 15.4. The number of nitrogens with one attached hydrogen (secondary N) is 1. The molecule has 2 atom stereocenters.